The highest BCUT2D eigenvalue weighted by Gasteiger charge is 2.18. The lowest BCUT2D eigenvalue weighted by atomic mass is 10.0. The first-order chi connectivity index (χ1) is 15.4. The quantitative estimate of drug-likeness (QED) is 0.525. The molecule has 4 rings (SSSR count). The number of hydrogen-bond donors (Lipinski definition) is 2. The van der Waals surface area contributed by atoms with Crippen LogP contribution in [0.3, 0.4) is 0 Å². The van der Waals surface area contributed by atoms with Crippen molar-refractivity contribution in [2.75, 3.05) is 19.6 Å². The van der Waals surface area contributed by atoms with Gasteiger partial charge in [-0.25, -0.2) is 0 Å². The Morgan fingerprint density at radius 1 is 1.22 bits per heavy atom. The number of likely N-dealkylation sites (tertiary alicyclic amines) is 1. The molecule has 1 fully saturated rings. The molecule has 1 atom stereocenters. The van der Waals surface area contributed by atoms with Crippen LogP contribution in [0.25, 0.3) is 10.9 Å². The number of hydrogen-bond acceptors (Lipinski definition) is 4. The predicted molar refractivity (Wildman–Crippen MR) is 131 cm³/mol. The second-order valence-electron chi connectivity index (χ2n) is 8.34. The van der Waals surface area contributed by atoms with Crippen molar-refractivity contribution >= 4 is 40.6 Å². The highest BCUT2D eigenvalue weighted by Crippen LogP contribution is 2.16. The van der Waals surface area contributed by atoms with E-state index in [9.17, 15) is 9.59 Å². The molecule has 6 nitrogen and oxygen atoms in total. The Morgan fingerprint density at radius 2 is 2.00 bits per heavy atom. The van der Waals surface area contributed by atoms with Crippen molar-refractivity contribution in [1.29, 1.82) is 0 Å². The Labute approximate surface area is 197 Å². The van der Waals surface area contributed by atoms with Crippen molar-refractivity contribution in [3.8, 4) is 0 Å². The van der Waals surface area contributed by atoms with Crippen LogP contribution >= 0.6 is 23.8 Å². The van der Waals surface area contributed by atoms with Gasteiger partial charge in [-0.15, -0.1) is 0 Å². The number of rotatable bonds is 6. The molecule has 3 aromatic rings. The van der Waals surface area contributed by atoms with Crippen molar-refractivity contribution in [2.24, 2.45) is 0 Å². The lowest BCUT2D eigenvalue weighted by Gasteiger charge is -2.33. The maximum atomic E-state index is 13.0. The summed E-state index contributed by atoms with van der Waals surface area (Å²) in [6.45, 7) is 5.12. The molecule has 1 aromatic heterocycles. The van der Waals surface area contributed by atoms with Gasteiger partial charge < -0.3 is 10.3 Å². The van der Waals surface area contributed by atoms with Gasteiger partial charge in [0, 0.05) is 29.7 Å². The van der Waals surface area contributed by atoms with Crippen LogP contribution in [-0.4, -0.2) is 46.0 Å². The summed E-state index contributed by atoms with van der Waals surface area (Å²) in [6.07, 6.45) is 3.72. The van der Waals surface area contributed by atoms with E-state index in [-0.39, 0.29) is 11.5 Å². The molecule has 1 aliphatic rings. The van der Waals surface area contributed by atoms with Gasteiger partial charge in [0.1, 0.15) is 0 Å². The fraction of sp³-hybridized carbons (Fsp3) is 0.375. The molecule has 0 spiro atoms. The largest absolute Gasteiger partial charge is 0.351 e. The fourth-order valence-electron chi connectivity index (χ4n) is 4.22. The number of nitrogens with one attached hydrogen (secondary N) is 2. The third kappa shape index (κ3) is 5.11. The number of benzene rings is 2. The summed E-state index contributed by atoms with van der Waals surface area (Å²) in [5, 5.41) is 4.13. The Kier molecular flexibility index (Phi) is 7.08. The lowest BCUT2D eigenvalue weighted by Crippen LogP contribution is -2.42. The average molecular weight is 471 g/mol. The van der Waals surface area contributed by atoms with E-state index >= 15 is 0 Å². The molecule has 2 N–H and O–H groups in total. The summed E-state index contributed by atoms with van der Waals surface area (Å²) >= 11 is 11.4. The van der Waals surface area contributed by atoms with Gasteiger partial charge in [-0.1, -0.05) is 30.2 Å². The van der Waals surface area contributed by atoms with Crippen molar-refractivity contribution < 1.29 is 4.79 Å². The number of nitrogens with zero attached hydrogens (tertiary/aromatic N) is 2. The molecule has 1 saturated heterocycles. The van der Waals surface area contributed by atoms with Crippen LogP contribution in [0.1, 0.15) is 42.1 Å². The first-order valence-electron chi connectivity index (χ1n) is 11.0. The predicted octanol–water partition coefficient (Wildman–Crippen LogP) is 4.36. The van der Waals surface area contributed by atoms with E-state index in [1.807, 2.05) is 12.1 Å². The fourth-order valence-corrected chi connectivity index (χ4v) is 4.60. The zero-order chi connectivity index (χ0) is 22.7. The summed E-state index contributed by atoms with van der Waals surface area (Å²) < 4.78 is 1.83. The number of carbonyl (C=O) groups excluding carboxylic acids is 1. The van der Waals surface area contributed by atoms with E-state index in [1.54, 1.807) is 30.3 Å². The van der Waals surface area contributed by atoms with Crippen molar-refractivity contribution in [1.82, 2.24) is 19.8 Å². The number of piperidine rings is 1. The zero-order valence-corrected chi connectivity index (χ0v) is 19.6. The molecule has 2 aromatic carbocycles. The average Bonchev–Trinajstić information content (AvgIpc) is 2.78. The SMILES string of the molecule is C[C@@H]1CCCCN1CCNC(=O)c1ccc2c(=O)n(Cc3ccc(Cl)cc3)c(=S)[nH]c2c1. The van der Waals surface area contributed by atoms with Gasteiger partial charge in [-0.3, -0.25) is 19.1 Å². The maximum Gasteiger partial charge on any atom is 0.262 e. The minimum Gasteiger partial charge on any atom is -0.351 e. The minimum absolute atomic E-state index is 0.152. The third-order valence-corrected chi connectivity index (χ3v) is 6.70. The number of aromatic amines is 1. The van der Waals surface area contributed by atoms with Gasteiger partial charge in [-0.05, 0) is 74.4 Å². The maximum absolute atomic E-state index is 13.0. The normalized spacial score (nSPS) is 16.9. The van der Waals surface area contributed by atoms with E-state index in [0.29, 0.717) is 45.4 Å². The van der Waals surface area contributed by atoms with Gasteiger partial charge >= 0.3 is 0 Å². The Hall–Kier alpha value is -2.48. The smallest absolute Gasteiger partial charge is 0.262 e. The molecule has 0 aliphatic carbocycles. The first-order valence-corrected chi connectivity index (χ1v) is 11.7. The Balaban J connectivity index is 1.49. The molecule has 0 saturated carbocycles. The van der Waals surface area contributed by atoms with E-state index in [2.05, 4.69) is 22.1 Å². The van der Waals surface area contributed by atoms with Crippen LogP contribution in [-0.2, 0) is 6.54 Å². The van der Waals surface area contributed by atoms with Gasteiger partial charge in [0.2, 0.25) is 0 Å². The molecule has 168 valence electrons. The molecule has 1 aliphatic heterocycles. The van der Waals surface area contributed by atoms with Crippen molar-refractivity contribution in [3.63, 3.8) is 0 Å². The molecule has 8 heteroatoms. The van der Waals surface area contributed by atoms with Crippen LogP contribution in [0.4, 0.5) is 0 Å². The van der Waals surface area contributed by atoms with Gasteiger partial charge in [0.15, 0.2) is 4.77 Å². The topological polar surface area (TPSA) is 70.1 Å². The lowest BCUT2D eigenvalue weighted by molar-refractivity contribution is 0.0938. The minimum atomic E-state index is -0.190. The summed E-state index contributed by atoms with van der Waals surface area (Å²) in [7, 11) is 0. The molecule has 0 radical (unpaired) electrons. The summed E-state index contributed by atoms with van der Waals surface area (Å²) in [5.41, 5.74) is 1.80. The van der Waals surface area contributed by atoms with Gasteiger partial charge in [0.25, 0.3) is 11.5 Å². The zero-order valence-electron chi connectivity index (χ0n) is 18.1. The van der Waals surface area contributed by atoms with E-state index in [0.717, 1.165) is 18.7 Å². The number of H-pyrrole nitrogens is 1. The Bertz CT molecular complexity index is 1240. The van der Waals surface area contributed by atoms with Gasteiger partial charge in [0.05, 0.1) is 17.4 Å². The summed E-state index contributed by atoms with van der Waals surface area (Å²) in [4.78, 5) is 31.2. The van der Waals surface area contributed by atoms with Crippen molar-refractivity contribution in [2.45, 2.75) is 38.8 Å². The molecule has 0 bridgehead atoms. The number of aromatic nitrogens is 2. The second kappa shape index (κ2) is 9.98. The number of fused-ring (bicyclic) bond motifs is 1. The number of carbonyl (C=O) groups is 1. The van der Waals surface area contributed by atoms with Gasteiger partial charge in [-0.2, -0.15) is 0 Å². The summed E-state index contributed by atoms with van der Waals surface area (Å²) in [5.74, 6) is -0.152. The van der Waals surface area contributed by atoms with Crippen LogP contribution in [0, 0.1) is 4.77 Å². The molecular weight excluding hydrogens is 444 g/mol. The van der Waals surface area contributed by atoms with E-state index in [1.165, 1.54) is 23.8 Å². The van der Waals surface area contributed by atoms with E-state index < -0.39 is 0 Å². The molecule has 32 heavy (non-hydrogen) atoms. The Morgan fingerprint density at radius 3 is 2.75 bits per heavy atom. The van der Waals surface area contributed by atoms with Crippen LogP contribution in [0.2, 0.25) is 5.02 Å². The molecular formula is C24H27ClN4O2S. The third-order valence-electron chi connectivity index (χ3n) is 6.12. The van der Waals surface area contributed by atoms with E-state index in [4.69, 9.17) is 23.8 Å². The second-order valence-corrected chi connectivity index (χ2v) is 9.17. The monoisotopic (exact) mass is 470 g/mol. The highest BCUT2D eigenvalue weighted by atomic mass is 35.5. The van der Waals surface area contributed by atoms with Crippen molar-refractivity contribution in [3.05, 3.63) is 73.7 Å². The number of halogens is 1. The standard InChI is InChI=1S/C24H27ClN4O2S/c1-16-4-2-3-12-28(16)13-11-26-22(30)18-7-10-20-21(14-18)27-24(32)29(23(20)31)15-17-5-8-19(25)9-6-17/h5-10,14,16H,2-4,11-13,15H2,1H3,(H,26,30)(H,27,32)/t16-/m1/s1. The molecule has 2 heterocycles. The van der Waals surface area contributed by atoms with Crippen LogP contribution < -0.4 is 10.9 Å². The highest BCUT2D eigenvalue weighted by molar-refractivity contribution is 7.71. The van der Waals surface area contributed by atoms with Crippen LogP contribution in [0.5, 0.6) is 0 Å². The molecule has 0 unspecified atom stereocenters. The first kappa shape index (κ1) is 22.7. The van der Waals surface area contributed by atoms with Crippen LogP contribution in [0.15, 0.2) is 47.3 Å². The summed E-state index contributed by atoms with van der Waals surface area (Å²) in [6, 6.07) is 12.9. The number of amides is 1. The molecule has 1 amide bonds.